The smallest absolute Gasteiger partial charge is 0.350 e. The van der Waals surface area contributed by atoms with Gasteiger partial charge in [0.25, 0.3) is 5.91 Å². The molecule has 0 aliphatic heterocycles. The van der Waals surface area contributed by atoms with Crippen LogP contribution in [0.2, 0.25) is 0 Å². The van der Waals surface area contributed by atoms with E-state index in [-0.39, 0.29) is 0 Å². The van der Waals surface area contributed by atoms with Crippen molar-refractivity contribution < 1.29 is 23.5 Å². The molecule has 1 aromatic carbocycles. The molecule has 0 spiro atoms. The summed E-state index contributed by atoms with van der Waals surface area (Å²) in [7, 11) is 0. The number of hydrogen-bond acceptors (Lipinski definition) is 6. The van der Waals surface area contributed by atoms with Gasteiger partial charge in [0.1, 0.15) is 22.6 Å². The second-order valence-electron chi connectivity index (χ2n) is 5.88. The third-order valence-electron chi connectivity index (χ3n) is 3.35. The van der Waals surface area contributed by atoms with Gasteiger partial charge < -0.3 is 14.8 Å². The van der Waals surface area contributed by atoms with Crippen LogP contribution in [0.1, 0.15) is 26.3 Å². The fraction of sp³-hybridized carbons (Fsp3) is 0.278. The number of anilines is 1. The van der Waals surface area contributed by atoms with E-state index in [0.29, 0.717) is 16.3 Å². The molecular weight excluding hydrogens is 359 g/mol. The highest BCUT2D eigenvalue weighted by atomic mass is 32.1. The molecule has 1 amide bonds. The van der Waals surface area contributed by atoms with Crippen molar-refractivity contribution in [3.05, 3.63) is 47.1 Å². The highest BCUT2D eigenvalue weighted by Crippen LogP contribution is 2.23. The molecule has 0 unspecified atom stereocenters. The molecular formula is C18H17FN2O4S. The summed E-state index contributed by atoms with van der Waals surface area (Å²) in [4.78, 5) is 24.5. The number of benzene rings is 1. The summed E-state index contributed by atoms with van der Waals surface area (Å²) < 4.78 is 23.6. The Hall–Kier alpha value is -2.92. The molecule has 1 N–H and O–H groups in total. The zero-order valence-corrected chi connectivity index (χ0v) is 15.2. The van der Waals surface area contributed by atoms with E-state index in [1.807, 2.05) is 6.07 Å². The number of nitriles is 1. The zero-order valence-electron chi connectivity index (χ0n) is 14.4. The highest BCUT2D eigenvalue weighted by Gasteiger charge is 2.34. The summed E-state index contributed by atoms with van der Waals surface area (Å²) in [6.45, 7) is 4.38. The third kappa shape index (κ3) is 4.80. The SMILES string of the molecule is C[C@H](OC(=O)C(C)(C)Oc1ccc(F)cc1)C(=O)Nc1sccc1C#N. The summed E-state index contributed by atoms with van der Waals surface area (Å²) in [6.07, 6.45) is -1.09. The zero-order chi connectivity index (χ0) is 19.3. The normalized spacial score (nSPS) is 12.0. The quantitative estimate of drug-likeness (QED) is 0.780. The van der Waals surface area contributed by atoms with Crippen LogP contribution in [0.15, 0.2) is 35.7 Å². The second kappa shape index (κ2) is 7.97. The molecule has 26 heavy (non-hydrogen) atoms. The molecule has 0 aliphatic carbocycles. The third-order valence-corrected chi connectivity index (χ3v) is 4.18. The minimum Gasteiger partial charge on any atom is -0.476 e. The van der Waals surface area contributed by atoms with Crippen molar-refractivity contribution in [1.82, 2.24) is 0 Å². The van der Waals surface area contributed by atoms with Crippen molar-refractivity contribution in [2.75, 3.05) is 5.32 Å². The Kier molecular flexibility index (Phi) is 5.95. The van der Waals surface area contributed by atoms with Crippen LogP contribution in [0, 0.1) is 17.1 Å². The Labute approximate surface area is 154 Å². The molecule has 6 nitrogen and oxygen atoms in total. The van der Waals surface area contributed by atoms with Gasteiger partial charge in [0.05, 0.1) is 5.56 Å². The number of thiophene rings is 1. The van der Waals surface area contributed by atoms with E-state index in [1.165, 1.54) is 56.4 Å². The van der Waals surface area contributed by atoms with Gasteiger partial charge in [-0.1, -0.05) is 0 Å². The maximum absolute atomic E-state index is 12.9. The van der Waals surface area contributed by atoms with Crippen molar-refractivity contribution in [2.24, 2.45) is 0 Å². The van der Waals surface area contributed by atoms with E-state index < -0.39 is 29.4 Å². The van der Waals surface area contributed by atoms with Gasteiger partial charge in [-0.2, -0.15) is 5.26 Å². The van der Waals surface area contributed by atoms with Gasteiger partial charge in [0.2, 0.25) is 0 Å². The maximum Gasteiger partial charge on any atom is 0.350 e. The van der Waals surface area contributed by atoms with Gasteiger partial charge in [-0.05, 0) is 56.5 Å². The number of nitrogens with zero attached hydrogens (tertiary/aromatic N) is 1. The average molecular weight is 376 g/mol. The minimum atomic E-state index is -1.38. The van der Waals surface area contributed by atoms with Gasteiger partial charge in [-0.25, -0.2) is 9.18 Å². The fourth-order valence-corrected chi connectivity index (χ4v) is 2.64. The van der Waals surface area contributed by atoms with E-state index in [1.54, 1.807) is 11.4 Å². The van der Waals surface area contributed by atoms with Crippen LogP contribution in [0.4, 0.5) is 9.39 Å². The van der Waals surface area contributed by atoms with Crippen molar-refractivity contribution in [3.8, 4) is 11.8 Å². The lowest BCUT2D eigenvalue weighted by Gasteiger charge is -2.26. The lowest BCUT2D eigenvalue weighted by atomic mass is 10.1. The summed E-state index contributed by atoms with van der Waals surface area (Å²) in [5, 5.41) is 13.6. The number of esters is 1. The predicted molar refractivity (Wildman–Crippen MR) is 94.3 cm³/mol. The van der Waals surface area contributed by atoms with Crippen LogP contribution in [0.25, 0.3) is 0 Å². The fourth-order valence-electron chi connectivity index (χ4n) is 1.90. The van der Waals surface area contributed by atoms with E-state index in [0.717, 1.165) is 0 Å². The Morgan fingerprint density at radius 1 is 1.27 bits per heavy atom. The second-order valence-corrected chi connectivity index (χ2v) is 6.79. The number of halogens is 1. The largest absolute Gasteiger partial charge is 0.476 e. The van der Waals surface area contributed by atoms with Crippen LogP contribution in [0.3, 0.4) is 0 Å². The molecule has 2 aromatic rings. The molecule has 0 bridgehead atoms. The first-order valence-electron chi connectivity index (χ1n) is 7.67. The number of ether oxygens (including phenoxy) is 2. The van der Waals surface area contributed by atoms with E-state index in [2.05, 4.69) is 5.32 Å². The summed E-state index contributed by atoms with van der Waals surface area (Å²) in [5.41, 5.74) is -1.05. The van der Waals surface area contributed by atoms with Gasteiger partial charge >= 0.3 is 5.97 Å². The van der Waals surface area contributed by atoms with Gasteiger partial charge in [-0.15, -0.1) is 11.3 Å². The summed E-state index contributed by atoms with van der Waals surface area (Å²) in [5.74, 6) is -1.44. The first-order valence-corrected chi connectivity index (χ1v) is 8.55. The molecule has 8 heteroatoms. The molecule has 0 aliphatic rings. The van der Waals surface area contributed by atoms with Crippen LogP contribution < -0.4 is 10.1 Å². The highest BCUT2D eigenvalue weighted by molar-refractivity contribution is 7.14. The van der Waals surface area contributed by atoms with Crippen molar-refractivity contribution >= 4 is 28.2 Å². The molecule has 1 aromatic heterocycles. The molecule has 0 radical (unpaired) electrons. The lowest BCUT2D eigenvalue weighted by Crippen LogP contribution is -2.43. The Bertz CT molecular complexity index is 840. The Balaban J connectivity index is 1.97. The minimum absolute atomic E-state index is 0.294. The van der Waals surface area contributed by atoms with Crippen LogP contribution in [-0.4, -0.2) is 23.6 Å². The maximum atomic E-state index is 12.9. The molecule has 2 rings (SSSR count). The first-order chi connectivity index (χ1) is 12.2. The van der Waals surface area contributed by atoms with Crippen LogP contribution in [0.5, 0.6) is 5.75 Å². The predicted octanol–water partition coefficient (Wildman–Crippen LogP) is 3.49. The Morgan fingerprint density at radius 2 is 1.92 bits per heavy atom. The topological polar surface area (TPSA) is 88.4 Å². The molecule has 136 valence electrons. The Morgan fingerprint density at radius 3 is 2.54 bits per heavy atom. The number of carbonyl (C=O) groups is 2. The van der Waals surface area contributed by atoms with E-state index in [4.69, 9.17) is 14.7 Å². The first kappa shape index (κ1) is 19.4. The van der Waals surface area contributed by atoms with E-state index in [9.17, 15) is 14.0 Å². The number of amides is 1. The molecule has 0 saturated heterocycles. The molecule has 1 heterocycles. The van der Waals surface area contributed by atoms with Crippen molar-refractivity contribution in [1.29, 1.82) is 5.26 Å². The molecule has 1 atom stereocenters. The molecule has 0 saturated carbocycles. The van der Waals surface area contributed by atoms with Gasteiger partial charge in [0.15, 0.2) is 11.7 Å². The monoisotopic (exact) mass is 376 g/mol. The summed E-state index contributed by atoms with van der Waals surface area (Å²) in [6, 6.07) is 8.73. The van der Waals surface area contributed by atoms with Crippen LogP contribution >= 0.6 is 11.3 Å². The number of nitrogens with one attached hydrogen (secondary N) is 1. The van der Waals surface area contributed by atoms with Crippen LogP contribution in [-0.2, 0) is 14.3 Å². The van der Waals surface area contributed by atoms with Crippen molar-refractivity contribution in [2.45, 2.75) is 32.5 Å². The van der Waals surface area contributed by atoms with Gasteiger partial charge in [0, 0.05) is 0 Å². The lowest BCUT2D eigenvalue weighted by molar-refractivity contribution is -0.166. The standard InChI is InChI=1S/C18H17FN2O4S/c1-11(15(22)21-16-12(10-20)8-9-26-16)24-17(23)18(2,3)25-14-6-4-13(19)5-7-14/h4-9,11H,1-3H3,(H,21,22)/t11-/m0/s1. The number of carbonyl (C=O) groups excluding carboxylic acids is 2. The van der Waals surface area contributed by atoms with E-state index >= 15 is 0 Å². The molecule has 0 fully saturated rings. The van der Waals surface area contributed by atoms with Gasteiger partial charge in [-0.3, -0.25) is 4.79 Å². The number of hydrogen-bond donors (Lipinski definition) is 1. The average Bonchev–Trinajstić information content (AvgIpc) is 3.03. The summed E-state index contributed by atoms with van der Waals surface area (Å²) >= 11 is 1.20. The van der Waals surface area contributed by atoms with Crippen molar-refractivity contribution in [3.63, 3.8) is 0 Å². The number of rotatable bonds is 6.